The predicted octanol–water partition coefficient (Wildman–Crippen LogP) is 3.12. The quantitative estimate of drug-likeness (QED) is 0.204. The summed E-state index contributed by atoms with van der Waals surface area (Å²) in [4.78, 5) is 6.81. The number of anilines is 1. The first-order valence-electron chi connectivity index (χ1n) is 10.9. The van der Waals surface area contributed by atoms with Crippen LogP contribution in [0.15, 0.2) is 53.7 Å². The number of hydrogen-bond donors (Lipinski definition) is 2. The molecule has 1 saturated heterocycles. The van der Waals surface area contributed by atoms with Crippen LogP contribution in [0.25, 0.3) is 5.65 Å². The van der Waals surface area contributed by atoms with Crippen molar-refractivity contribution in [2.75, 3.05) is 38.7 Å². The molecule has 0 bridgehead atoms. The molecule has 9 heteroatoms. The Bertz CT molecular complexity index is 1020. The van der Waals surface area contributed by atoms with E-state index >= 15 is 0 Å². The topological polar surface area (TPSA) is 79.1 Å². The molecule has 1 aliphatic rings. The zero-order valence-corrected chi connectivity index (χ0v) is 21.0. The fourth-order valence-corrected chi connectivity index (χ4v) is 4.11. The van der Waals surface area contributed by atoms with E-state index in [2.05, 4.69) is 42.9 Å². The van der Waals surface area contributed by atoms with Gasteiger partial charge in [-0.1, -0.05) is 18.2 Å². The Morgan fingerprint density at radius 3 is 2.88 bits per heavy atom. The lowest BCUT2D eigenvalue weighted by Gasteiger charge is -2.36. The maximum absolute atomic E-state index is 5.55. The van der Waals surface area contributed by atoms with Crippen molar-refractivity contribution in [3.8, 4) is 5.75 Å². The summed E-state index contributed by atoms with van der Waals surface area (Å²) in [5.74, 6) is 2.75. The molecule has 2 aromatic heterocycles. The van der Waals surface area contributed by atoms with Crippen molar-refractivity contribution in [2.24, 2.45) is 4.99 Å². The molecule has 3 heterocycles. The highest BCUT2D eigenvalue weighted by atomic mass is 127. The van der Waals surface area contributed by atoms with Crippen LogP contribution in [-0.4, -0.2) is 60.4 Å². The Morgan fingerprint density at radius 2 is 2.03 bits per heavy atom. The number of benzene rings is 1. The summed E-state index contributed by atoms with van der Waals surface area (Å²) in [6.07, 6.45) is 6.08. The molecule has 0 radical (unpaired) electrons. The number of halogens is 1. The van der Waals surface area contributed by atoms with Gasteiger partial charge in [-0.05, 0) is 43.5 Å². The van der Waals surface area contributed by atoms with Gasteiger partial charge in [0.25, 0.3) is 0 Å². The number of aryl methyl sites for hydroxylation is 1. The summed E-state index contributed by atoms with van der Waals surface area (Å²) < 4.78 is 7.59. The van der Waals surface area contributed by atoms with Crippen LogP contribution in [0.1, 0.15) is 25.1 Å². The fraction of sp³-hybridized carbons (Fsp3) is 0.435. The van der Waals surface area contributed by atoms with E-state index in [1.54, 1.807) is 7.11 Å². The van der Waals surface area contributed by atoms with E-state index in [1.165, 1.54) is 0 Å². The first-order chi connectivity index (χ1) is 15.3. The third kappa shape index (κ3) is 5.81. The number of piperidine rings is 1. The summed E-state index contributed by atoms with van der Waals surface area (Å²) in [6.45, 7) is 2.79. The van der Waals surface area contributed by atoms with Crippen LogP contribution in [0, 0.1) is 0 Å². The van der Waals surface area contributed by atoms with Gasteiger partial charge in [0, 0.05) is 45.3 Å². The van der Waals surface area contributed by atoms with E-state index in [9.17, 15) is 0 Å². The number of fused-ring (bicyclic) bond motifs is 1. The Labute approximate surface area is 206 Å². The van der Waals surface area contributed by atoms with Gasteiger partial charge in [0.05, 0.1) is 12.8 Å². The number of pyridine rings is 1. The predicted molar refractivity (Wildman–Crippen MR) is 139 cm³/mol. The van der Waals surface area contributed by atoms with Crippen molar-refractivity contribution in [1.29, 1.82) is 0 Å². The zero-order valence-electron chi connectivity index (χ0n) is 18.7. The summed E-state index contributed by atoms with van der Waals surface area (Å²) in [6, 6.07) is 14.5. The smallest absolute Gasteiger partial charge is 0.191 e. The maximum Gasteiger partial charge on any atom is 0.191 e. The van der Waals surface area contributed by atoms with E-state index in [0.29, 0.717) is 6.04 Å². The maximum atomic E-state index is 5.55. The number of ether oxygens (including phenoxy) is 1. The number of aromatic nitrogens is 3. The molecule has 1 aromatic carbocycles. The molecule has 172 valence electrons. The van der Waals surface area contributed by atoms with E-state index in [4.69, 9.17) is 4.74 Å². The summed E-state index contributed by atoms with van der Waals surface area (Å²) in [5.41, 5.74) is 2.04. The molecule has 1 aliphatic heterocycles. The van der Waals surface area contributed by atoms with Crippen molar-refractivity contribution in [1.82, 2.24) is 25.2 Å². The summed E-state index contributed by atoms with van der Waals surface area (Å²) in [5, 5.41) is 15.5. The first kappa shape index (κ1) is 24.1. The van der Waals surface area contributed by atoms with Crippen LogP contribution in [0.2, 0.25) is 0 Å². The molecule has 4 rings (SSSR count). The number of hydrogen-bond acceptors (Lipinski definition) is 5. The van der Waals surface area contributed by atoms with Gasteiger partial charge in [0.15, 0.2) is 11.6 Å². The average molecular weight is 549 g/mol. The highest BCUT2D eigenvalue weighted by Crippen LogP contribution is 2.29. The molecule has 0 aliphatic carbocycles. The molecule has 8 nitrogen and oxygen atoms in total. The molecule has 0 saturated carbocycles. The molecule has 3 aromatic rings. The highest BCUT2D eigenvalue weighted by Gasteiger charge is 2.22. The second-order valence-electron chi connectivity index (χ2n) is 7.75. The minimum Gasteiger partial charge on any atom is -0.495 e. The van der Waals surface area contributed by atoms with Gasteiger partial charge in [0.1, 0.15) is 11.6 Å². The third-order valence-corrected chi connectivity index (χ3v) is 5.67. The molecule has 1 fully saturated rings. The van der Waals surface area contributed by atoms with E-state index in [-0.39, 0.29) is 24.0 Å². The van der Waals surface area contributed by atoms with Crippen molar-refractivity contribution >= 4 is 41.3 Å². The second-order valence-corrected chi connectivity index (χ2v) is 7.75. The monoisotopic (exact) mass is 549 g/mol. The SMILES string of the molecule is CN=C(NCCCc1nnc2ccccn12)NC1CCCN(c2ccccc2OC)C1.I. The average Bonchev–Trinajstić information content (AvgIpc) is 3.24. The largest absolute Gasteiger partial charge is 0.495 e. The van der Waals surface area contributed by atoms with Gasteiger partial charge in [0.2, 0.25) is 0 Å². The molecule has 2 N–H and O–H groups in total. The molecule has 32 heavy (non-hydrogen) atoms. The number of para-hydroxylation sites is 2. The van der Waals surface area contributed by atoms with Gasteiger partial charge in [-0.3, -0.25) is 9.39 Å². The van der Waals surface area contributed by atoms with E-state index in [0.717, 1.165) is 74.2 Å². The van der Waals surface area contributed by atoms with Gasteiger partial charge in [-0.25, -0.2) is 0 Å². The van der Waals surface area contributed by atoms with Crippen LogP contribution >= 0.6 is 24.0 Å². The van der Waals surface area contributed by atoms with E-state index < -0.39 is 0 Å². The number of rotatable bonds is 7. The summed E-state index contributed by atoms with van der Waals surface area (Å²) >= 11 is 0. The normalized spacial score (nSPS) is 16.5. The number of nitrogens with zero attached hydrogens (tertiary/aromatic N) is 5. The third-order valence-electron chi connectivity index (χ3n) is 5.67. The lowest BCUT2D eigenvalue weighted by Crippen LogP contribution is -2.51. The minimum atomic E-state index is 0. The first-order valence-corrected chi connectivity index (χ1v) is 10.9. The van der Waals surface area contributed by atoms with Gasteiger partial charge < -0.3 is 20.3 Å². The Hall–Kier alpha value is -2.56. The number of nitrogens with one attached hydrogen (secondary N) is 2. The fourth-order valence-electron chi connectivity index (χ4n) is 4.11. The number of aliphatic imine (C=N–C) groups is 1. The molecule has 0 amide bonds. The molecular formula is C23H32IN7O. The lowest BCUT2D eigenvalue weighted by atomic mass is 10.0. The van der Waals surface area contributed by atoms with Crippen LogP contribution in [0.4, 0.5) is 5.69 Å². The Kier molecular flexibility index (Phi) is 8.95. The van der Waals surface area contributed by atoms with Gasteiger partial charge >= 0.3 is 0 Å². The van der Waals surface area contributed by atoms with E-state index in [1.807, 2.05) is 48.0 Å². The van der Waals surface area contributed by atoms with Gasteiger partial charge in [-0.2, -0.15) is 0 Å². The lowest BCUT2D eigenvalue weighted by molar-refractivity contribution is 0.408. The molecular weight excluding hydrogens is 517 g/mol. The van der Waals surface area contributed by atoms with Gasteiger partial charge in [-0.15, -0.1) is 34.2 Å². The number of guanidine groups is 1. The summed E-state index contributed by atoms with van der Waals surface area (Å²) in [7, 11) is 3.55. The molecule has 1 unspecified atom stereocenters. The van der Waals surface area contributed by atoms with Crippen LogP contribution < -0.4 is 20.3 Å². The standard InChI is InChI=1S/C23H31N7O.HI/c1-24-23(25-14-7-13-22-28-27-21-12-5-6-16-30(21)22)26-18-9-8-15-29(17-18)19-10-3-4-11-20(19)31-2;/h3-6,10-12,16,18H,7-9,13-15,17H2,1-2H3,(H2,24,25,26);1H. The van der Waals surface area contributed by atoms with Crippen molar-refractivity contribution in [2.45, 2.75) is 31.7 Å². The second kappa shape index (κ2) is 11.9. The minimum absolute atomic E-state index is 0. The van der Waals surface area contributed by atoms with Crippen LogP contribution in [0.3, 0.4) is 0 Å². The van der Waals surface area contributed by atoms with Crippen LogP contribution in [-0.2, 0) is 6.42 Å². The van der Waals surface area contributed by atoms with Crippen molar-refractivity contribution in [3.05, 3.63) is 54.5 Å². The van der Waals surface area contributed by atoms with Crippen molar-refractivity contribution < 1.29 is 4.74 Å². The Balaban J connectivity index is 0.00000289. The molecule has 1 atom stereocenters. The van der Waals surface area contributed by atoms with Crippen molar-refractivity contribution in [3.63, 3.8) is 0 Å². The van der Waals surface area contributed by atoms with Crippen LogP contribution in [0.5, 0.6) is 5.75 Å². The number of methoxy groups -OCH3 is 1. The Morgan fingerprint density at radius 1 is 1.19 bits per heavy atom. The zero-order chi connectivity index (χ0) is 21.5. The molecule has 0 spiro atoms. The highest BCUT2D eigenvalue weighted by molar-refractivity contribution is 14.0.